The Hall–Kier alpha value is -3.65. The van der Waals surface area contributed by atoms with Crippen molar-refractivity contribution in [3.63, 3.8) is 0 Å². The molecule has 2 N–H and O–H groups in total. The van der Waals surface area contributed by atoms with E-state index in [9.17, 15) is 13.2 Å². The number of hydrogen-bond donors (Lipinski definition) is 2. The third-order valence-electron chi connectivity index (χ3n) is 4.85. The van der Waals surface area contributed by atoms with E-state index in [0.29, 0.717) is 32.9 Å². The van der Waals surface area contributed by atoms with Crippen molar-refractivity contribution in [3.8, 4) is 11.4 Å². The van der Waals surface area contributed by atoms with Crippen LogP contribution < -0.4 is 5.32 Å². The van der Waals surface area contributed by atoms with Crippen molar-refractivity contribution in [2.45, 2.75) is 6.18 Å². The van der Waals surface area contributed by atoms with Gasteiger partial charge in [-0.3, -0.25) is 5.10 Å². The van der Waals surface area contributed by atoms with Crippen molar-refractivity contribution in [2.24, 2.45) is 0 Å². The molecule has 9 heteroatoms. The second-order valence-electron chi connectivity index (χ2n) is 6.82. The Morgan fingerprint density at radius 2 is 1.61 bits per heavy atom. The number of H-pyrrole nitrogens is 1. The summed E-state index contributed by atoms with van der Waals surface area (Å²) in [6.45, 7) is 0. The number of rotatable bonds is 3. The summed E-state index contributed by atoms with van der Waals surface area (Å²) in [5.41, 5.74) is 0.312. The highest BCUT2D eigenvalue weighted by atomic mass is 35.5. The molecule has 0 atom stereocenters. The molecule has 0 aliphatic carbocycles. The molecule has 0 spiro atoms. The van der Waals surface area contributed by atoms with Crippen molar-refractivity contribution in [2.75, 3.05) is 5.32 Å². The third kappa shape index (κ3) is 3.44. The van der Waals surface area contributed by atoms with Gasteiger partial charge in [-0.15, -0.1) is 0 Å². The van der Waals surface area contributed by atoms with Crippen LogP contribution >= 0.6 is 11.6 Å². The molecule has 0 aliphatic heterocycles. The largest absolute Gasteiger partial charge is 0.417 e. The van der Waals surface area contributed by atoms with Crippen molar-refractivity contribution >= 4 is 45.0 Å². The molecule has 154 valence electrons. The molecule has 2 aromatic heterocycles. The minimum Gasteiger partial charge on any atom is -0.322 e. The molecule has 0 saturated heterocycles. The van der Waals surface area contributed by atoms with Crippen LogP contribution in [0.3, 0.4) is 0 Å². The Kier molecular flexibility index (Phi) is 4.51. The fourth-order valence-electron chi connectivity index (χ4n) is 3.45. The lowest BCUT2D eigenvalue weighted by Crippen LogP contribution is -2.08. The lowest BCUT2D eigenvalue weighted by Gasteiger charge is -2.14. The van der Waals surface area contributed by atoms with E-state index < -0.39 is 11.7 Å². The van der Waals surface area contributed by atoms with Crippen LogP contribution in [0.2, 0.25) is 5.02 Å². The summed E-state index contributed by atoms with van der Waals surface area (Å²) in [5, 5.41) is 12.0. The normalized spacial score (nSPS) is 11.9. The standard InChI is InChI=1S/C22H13ClF3N5/c23-15-9-5-11-17-18(15)21(31-30-17)29-20-13-7-2-4-10-16(13)27-19(28-20)12-6-1-3-8-14(12)22(24,25)26/h1-11H,(H2,27,28,29,30,31). The van der Waals surface area contributed by atoms with E-state index >= 15 is 0 Å². The number of anilines is 2. The summed E-state index contributed by atoms with van der Waals surface area (Å²) in [6.07, 6.45) is -4.54. The Balaban J connectivity index is 1.71. The van der Waals surface area contributed by atoms with Crippen LogP contribution in [0.5, 0.6) is 0 Å². The monoisotopic (exact) mass is 439 g/mol. The number of alkyl halides is 3. The quantitative estimate of drug-likeness (QED) is 0.333. The molecule has 5 aromatic rings. The average molecular weight is 440 g/mol. The zero-order valence-electron chi connectivity index (χ0n) is 15.7. The fraction of sp³-hybridized carbons (Fsp3) is 0.0455. The van der Waals surface area contributed by atoms with Crippen molar-refractivity contribution < 1.29 is 13.2 Å². The number of aromatic nitrogens is 4. The van der Waals surface area contributed by atoms with Crippen LogP contribution in [0.4, 0.5) is 24.8 Å². The second kappa shape index (κ2) is 7.24. The summed E-state index contributed by atoms with van der Waals surface area (Å²) in [7, 11) is 0. The fourth-order valence-corrected chi connectivity index (χ4v) is 3.71. The molecular formula is C22H13ClF3N5. The van der Waals surface area contributed by atoms with Crippen LogP contribution in [-0.2, 0) is 6.18 Å². The zero-order valence-corrected chi connectivity index (χ0v) is 16.5. The van der Waals surface area contributed by atoms with Crippen molar-refractivity contribution in [1.29, 1.82) is 0 Å². The Morgan fingerprint density at radius 3 is 2.45 bits per heavy atom. The molecule has 5 rings (SSSR count). The number of halogens is 4. The first-order valence-corrected chi connectivity index (χ1v) is 9.62. The SMILES string of the molecule is FC(F)(F)c1ccccc1-c1nc(Nc2n[nH]c3cccc(Cl)c23)c2ccccc2n1. The molecule has 0 unspecified atom stereocenters. The Bertz CT molecular complexity index is 1430. The van der Waals surface area contributed by atoms with Gasteiger partial charge in [0.15, 0.2) is 11.6 Å². The number of fused-ring (bicyclic) bond motifs is 2. The molecule has 0 amide bonds. The van der Waals surface area contributed by atoms with Crippen molar-refractivity contribution in [1.82, 2.24) is 20.2 Å². The third-order valence-corrected chi connectivity index (χ3v) is 5.17. The Morgan fingerprint density at radius 1 is 0.839 bits per heavy atom. The molecule has 0 radical (unpaired) electrons. The van der Waals surface area contributed by atoms with Gasteiger partial charge in [-0.1, -0.05) is 48.0 Å². The summed E-state index contributed by atoms with van der Waals surface area (Å²) >= 11 is 6.33. The predicted molar refractivity (Wildman–Crippen MR) is 114 cm³/mol. The lowest BCUT2D eigenvalue weighted by atomic mass is 10.1. The highest BCUT2D eigenvalue weighted by Crippen LogP contribution is 2.37. The summed E-state index contributed by atoms with van der Waals surface area (Å²) < 4.78 is 40.7. The van der Waals surface area contributed by atoms with E-state index in [2.05, 4.69) is 25.5 Å². The Labute approximate surface area is 178 Å². The van der Waals surface area contributed by atoms with Crippen LogP contribution in [0.15, 0.2) is 66.7 Å². The van der Waals surface area contributed by atoms with E-state index in [-0.39, 0.29) is 11.4 Å². The van der Waals surface area contributed by atoms with Crippen LogP contribution in [0.25, 0.3) is 33.2 Å². The first kappa shape index (κ1) is 19.3. The number of para-hydroxylation sites is 1. The van der Waals surface area contributed by atoms with Crippen LogP contribution in [-0.4, -0.2) is 20.2 Å². The van der Waals surface area contributed by atoms with Gasteiger partial charge < -0.3 is 5.32 Å². The minimum atomic E-state index is -4.54. The minimum absolute atomic E-state index is 0.0416. The number of nitrogens with zero attached hydrogens (tertiary/aromatic N) is 3. The van der Waals surface area contributed by atoms with Crippen LogP contribution in [0.1, 0.15) is 5.56 Å². The molecule has 5 nitrogen and oxygen atoms in total. The zero-order chi connectivity index (χ0) is 21.6. The molecule has 0 fully saturated rings. The first-order valence-electron chi connectivity index (χ1n) is 9.25. The van der Waals surface area contributed by atoms with Gasteiger partial charge in [0, 0.05) is 10.9 Å². The number of nitrogens with one attached hydrogen (secondary N) is 2. The topological polar surface area (TPSA) is 66.5 Å². The smallest absolute Gasteiger partial charge is 0.322 e. The molecular weight excluding hydrogens is 427 g/mol. The number of benzene rings is 3. The summed E-state index contributed by atoms with van der Waals surface area (Å²) in [4.78, 5) is 8.82. The van der Waals surface area contributed by atoms with Crippen LogP contribution in [0, 0.1) is 0 Å². The van der Waals surface area contributed by atoms with Gasteiger partial charge in [-0.2, -0.15) is 18.3 Å². The van der Waals surface area contributed by atoms with E-state index in [4.69, 9.17) is 11.6 Å². The van der Waals surface area contributed by atoms with Gasteiger partial charge in [0.1, 0.15) is 5.82 Å². The number of aromatic amines is 1. The highest BCUT2D eigenvalue weighted by Gasteiger charge is 2.34. The van der Waals surface area contributed by atoms with Crippen molar-refractivity contribution in [3.05, 3.63) is 77.3 Å². The molecule has 2 heterocycles. The molecule has 31 heavy (non-hydrogen) atoms. The molecule has 3 aromatic carbocycles. The van der Waals surface area contributed by atoms with Gasteiger partial charge in [0.05, 0.1) is 27.0 Å². The summed E-state index contributed by atoms with van der Waals surface area (Å²) in [6, 6.07) is 17.6. The van der Waals surface area contributed by atoms with Gasteiger partial charge in [-0.25, -0.2) is 9.97 Å². The summed E-state index contributed by atoms with van der Waals surface area (Å²) in [5.74, 6) is 0.700. The van der Waals surface area contributed by atoms with E-state index in [0.717, 1.165) is 11.6 Å². The van der Waals surface area contributed by atoms with Gasteiger partial charge in [0.2, 0.25) is 0 Å². The van der Waals surface area contributed by atoms with E-state index in [1.807, 2.05) is 6.07 Å². The average Bonchev–Trinajstić information content (AvgIpc) is 3.17. The van der Waals surface area contributed by atoms with Gasteiger partial charge in [-0.05, 0) is 30.3 Å². The van der Waals surface area contributed by atoms with E-state index in [1.54, 1.807) is 36.4 Å². The first-order chi connectivity index (χ1) is 14.9. The molecule has 0 saturated carbocycles. The second-order valence-corrected chi connectivity index (χ2v) is 7.22. The van der Waals surface area contributed by atoms with E-state index in [1.165, 1.54) is 18.2 Å². The molecule has 0 aliphatic rings. The highest BCUT2D eigenvalue weighted by molar-refractivity contribution is 6.36. The maximum Gasteiger partial charge on any atom is 0.417 e. The van der Waals surface area contributed by atoms with Gasteiger partial charge in [0.25, 0.3) is 0 Å². The predicted octanol–water partition coefficient (Wildman–Crippen LogP) is 6.59. The molecule has 0 bridgehead atoms. The van der Waals surface area contributed by atoms with Gasteiger partial charge >= 0.3 is 6.18 Å². The maximum atomic E-state index is 13.6. The number of hydrogen-bond acceptors (Lipinski definition) is 4. The lowest BCUT2D eigenvalue weighted by molar-refractivity contribution is -0.137. The maximum absolute atomic E-state index is 13.6.